The highest BCUT2D eigenvalue weighted by atomic mass is 35.5. The van der Waals surface area contributed by atoms with Crippen LogP contribution in [0.2, 0.25) is 0 Å². The number of benzene rings is 1. The molecule has 1 aliphatic carbocycles. The molecule has 2 fully saturated rings. The highest BCUT2D eigenvalue weighted by Gasteiger charge is 2.36. The Morgan fingerprint density at radius 1 is 1.21 bits per heavy atom. The van der Waals surface area contributed by atoms with E-state index in [2.05, 4.69) is 5.32 Å². The number of ether oxygens (including phenoxy) is 1. The third-order valence-electron chi connectivity index (χ3n) is 6.68. The number of halogens is 1. The predicted molar refractivity (Wildman–Crippen MR) is 111 cm³/mol. The molecule has 2 aromatic rings. The van der Waals surface area contributed by atoms with Gasteiger partial charge in [-0.05, 0) is 63.1 Å². The number of rotatable bonds is 4. The number of piperidine rings is 1. The predicted octanol–water partition coefficient (Wildman–Crippen LogP) is 3.85. The molecule has 1 aromatic carbocycles. The van der Waals surface area contributed by atoms with Gasteiger partial charge in [-0.15, -0.1) is 12.4 Å². The SMILES string of the molecule is CN(C(=O)COc1ccc2oc3c(c2c1)CCCC3)C1CC2CCC(C1)N2.Cl. The number of nitrogens with one attached hydrogen (secondary N) is 1. The summed E-state index contributed by atoms with van der Waals surface area (Å²) in [7, 11) is 1.93. The summed E-state index contributed by atoms with van der Waals surface area (Å²) in [4.78, 5) is 14.6. The van der Waals surface area contributed by atoms with E-state index >= 15 is 0 Å². The van der Waals surface area contributed by atoms with Gasteiger partial charge in [-0.2, -0.15) is 0 Å². The minimum atomic E-state index is 0. The Morgan fingerprint density at radius 3 is 2.75 bits per heavy atom. The molecule has 3 aliphatic rings. The lowest BCUT2D eigenvalue weighted by molar-refractivity contribution is -0.134. The molecule has 2 saturated heterocycles. The number of fused-ring (bicyclic) bond motifs is 5. The molecule has 2 bridgehead atoms. The summed E-state index contributed by atoms with van der Waals surface area (Å²) in [5.41, 5.74) is 2.26. The zero-order chi connectivity index (χ0) is 18.4. The molecule has 1 N–H and O–H groups in total. The average molecular weight is 405 g/mol. The van der Waals surface area contributed by atoms with Gasteiger partial charge in [-0.1, -0.05) is 0 Å². The highest BCUT2D eigenvalue weighted by Crippen LogP contribution is 2.34. The van der Waals surface area contributed by atoms with Crippen LogP contribution < -0.4 is 10.1 Å². The van der Waals surface area contributed by atoms with Gasteiger partial charge >= 0.3 is 0 Å². The number of hydrogen-bond acceptors (Lipinski definition) is 4. The first-order chi connectivity index (χ1) is 13.2. The van der Waals surface area contributed by atoms with Gasteiger partial charge in [0.05, 0.1) is 0 Å². The summed E-state index contributed by atoms with van der Waals surface area (Å²) in [6, 6.07) is 7.43. The number of amides is 1. The quantitative estimate of drug-likeness (QED) is 0.840. The van der Waals surface area contributed by atoms with Gasteiger partial charge in [0.15, 0.2) is 6.61 Å². The number of likely N-dealkylation sites (N-methyl/N-ethyl adjacent to an activating group) is 1. The van der Waals surface area contributed by atoms with Crippen molar-refractivity contribution in [3.8, 4) is 5.75 Å². The van der Waals surface area contributed by atoms with E-state index in [1.807, 2.05) is 30.1 Å². The van der Waals surface area contributed by atoms with Gasteiger partial charge < -0.3 is 19.4 Å². The Balaban J connectivity index is 0.00000192. The maximum atomic E-state index is 12.7. The molecule has 5 rings (SSSR count). The molecule has 152 valence electrons. The highest BCUT2D eigenvalue weighted by molar-refractivity contribution is 5.85. The van der Waals surface area contributed by atoms with E-state index in [0.717, 1.165) is 48.2 Å². The normalized spacial score (nSPS) is 25.8. The molecule has 3 heterocycles. The van der Waals surface area contributed by atoms with Gasteiger partial charge in [-0.25, -0.2) is 0 Å². The smallest absolute Gasteiger partial charge is 0.260 e. The van der Waals surface area contributed by atoms with Gasteiger partial charge in [0.25, 0.3) is 5.91 Å². The van der Waals surface area contributed by atoms with Gasteiger partial charge in [0.2, 0.25) is 0 Å². The lowest BCUT2D eigenvalue weighted by Crippen LogP contribution is -2.49. The van der Waals surface area contributed by atoms with Crippen molar-refractivity contribution in [3.05, 3.63) is 29.5 Å². The van der Waals surface area contributed by atoms with Crippen LogP contribution >= 0.6 is 12.4 Å². The molecule has 0 spiro atoms. The minimum Gasteiger partial charge on any atom is -0.484 e. The summed E-state index contributed by atoms with van der Waals surface area (Å²) in [6.07, 6.45) is 9.14. The summed E-state index contributed by atoms with van der Waals surface area (Å²) in [5.74, 6) is 1.95. The summed E-state index contributed by atoms with van der Waals surface area (Å²) in [5, 5.41) is 4.78. The average Bonchev–Trinajstić information content (AvgIpc) is 3.24. The third kappa shape index (κ3) is 3.62. The Hall–Kier alpha value is -1.72. The van der Waals surface area contributed by atoms with Crippen LogP contribution in [0.5, 0.6) is 5.75 Å². The first-order valence-electron chi connectivity index (χ1n) is 10.4. The first kappa shape index (κ1) is 19.6. The Kier molecular flexibility index (Phi) is 5.57. The third-order valence-corrected chi connectivity index (χ3v) is 6.68. The molecule has 0 radical (unpaired) electrons. The van der Waals surface area contributed by atoms with E-state index in [0.29, 0.717) is 18.1 Å². The van der Waals surface area contributed by atoms with Crippen molar-refractivity contribution in [1.29, 1.82) is 0 Å². The van der Waals surface area contributed by atoms with Crippen LogP contribution in [-0.4, -0.2) is 42.6 Å². The van der Waals surface area contributed by atoms with Crippen LogP contribution in [0.15, 0.2) is 22.6 Å². The molecule has 5 nitrogen and oxygen atoms in total. The lowest BCUT2D eigenvalue weighted by atomic mass is 9.96. The topological polar surface area (TPSA) is 54.7 Å². The molecule has 6 heteroatoms. The number of nitrogens with zero attached hydrogens (tertiary/aromatic N) is 1. The second-order valence-corrected chi connectivity index (χ2v) is 8.43. The number of hydrogen-bond donors (Lipinski definition) is 1. The Bertz CT molecular complexity index is 853. The van der Waals surface area contributed by atoms with Crippen LogP contribution in [0.3, 0.4) is 0 Å². The van der Waals surface area contributed by atoms with E-state index in [9.17, 15) is 4.79 Å². The van der Waals surface area contributed by atoms with E-state index in [-0.39, 0.29) is 24.9 Å². The molecule has 2 aliphatic heterocycles. The van der Waals surface area contributed by atoms with Crippen molar-refractivity contribution in [1.82, 2.24) is 10.2 Å². The van der Waals surface area contributed by atoms with Crippen molar-refractivity contribution in [3.63, 3.8) is 0 Å². The van der Waals surface area contributed by atoms with Crippen molar-refractivity contribution in [2.24, 2.45) is 0 Å². The van der Waals surface area contributed by atoms with Crippen LogP contribution in [0.4, 0.5) is 0 Å². The Labute approximate surface area is 172 Å². The number of aryl methyl sites for hydroxylation is 2. The van der Waals surface area contributed by atoms with Crippen molar-refractivity contribution in [2.45, 2.75) is 69.5 Å². The van der Waals surface area contributed by atoms with Crippen LogP contribution in [-0.2, 0) is 17.6 Å². The molecule has 1 aromatic heterocycles. The standard InChI is InChI=1S/C22H28N2O3.ClH/c1-24(16-10-14-6-7-15(11-16)23-14)22(25)13-26-17-8-9-21-19(12-17)18-4-2-3-5-20(18)27-21;/h8-9,12,14-16,23H,2-7,10-11,13H2,1H3;1H. The van der Waals surface area contributed by atoms with Crippen LogP contribution in [0.1, 0.15) is 49.8 Å². The molecule has 1 amide bonds. The number of furan rings is 1. The maximum absolute atomic E-state index is 12.7. The molecule has 2 unspecified atom stereocenters. The summed E-state index contributed by atoms with van der Waals surface area (Å²) in [6.45, 7) is 0.0985. The minimum absolute atomic E-state index is 0. The van der Waals surface area contributed by atoms with Crippen molar-refractivity contribution in [2.75, 3.05) is 13.7 Å². The van der Waals surface area contributed by atoms with E-state index in [1.54, 1.807) is 0 Å². The second-order valence-electron chi connectivity index (χ2n) is 8.43. The number of carbonyl (C=O) groups excluding carboxylic acids is 1. The van der Waals surface area contributed by atoms with E-state index in [1.165, 1.54) is 31.2 Å². The first-order valence-corrected chi connectivity index (χ1v) is 10.4. The monoisotopic (exact) mass is 404 g/mol. The summed E-state index contributed by atoms with van der Waals surface area (Å²) < 4.78 is 11.8. The lowest BCUT2D eigenvalue weighted by Gasteiger charge is -2.35. The Morgan fingerprint density at radius 2 is 1.96 bits per heavy atom. The van der Waals surface area contributed by atoms with Gasteiger partial charge in [-0.3, -0.25) is 4.79 Å². The molecule has 28 heavy (non-hydrogen) atoms. The van der Waals surface area contributed by atoms with E-state index < -0.39 is 0 Å². The van der Waals surface area contributed by atoms with Crippen molar-refractivity contribution >= 4 is 29.3 Å². The maximum Gasteiger partial charge on any atom is 0.260 e. The molecular weight excluding hydrogens is 376 g/mol. The van der Waals surface area contributed by atoms with Crippen LogP contribution in [0.25, 0.3) is 11.0 Å². The van der Waals surface area contributed by atoms with Crippen molar-refractivity contribution < 1.29 is 13.9 Å². The summed E-state index contributed by atoms with van der Waals surface area (Å²) >= 11 is 0. The molecule has 2 atom stereocenters. The molecular formula is C22H29ClN2O3. The fraction of sp³-hybridized carbons (Fsp3) is 0.591. The zero-order valence-electron chi connectivity index (χ0n) is 16.4. The largest absolute Gasteiger partial charge is 0.484 e. The van der Waals surface area contributed by atoms with E-state index in [4.69, 9.17) is 9.15 Å². The van der Waals surface area contributed by atoms with Crippen LogP contribution in [0, 0.1) is 0 Å². The zero-order valence-corrected chi connectivity index (χ0v) is 17.2. The fourth-order valence-electron chi connectivity index (χ4n) is 5.13. The second kappa shape index (κ2) is 7.96. The number of carbonyl (C=O) groups is 1. The van der Waals surface area contributed by atoms with Gasteiger partial charge in [0, 0.05) is 42.5 Å². The van der Waals surface area contributed by atoms with Gasteiger partial charge in [0.1, 0.15) is 17.1 Å². The fourth-order valence-corrected chi connectivity index (χ4v) is 5.13. The molecule has 0 saturated carbocycles.